The molecule has 0 saturated carbocycles. The van der Waals surface area contributed by atoms with Gasteiger partial charge in [0.15, 0.2) is 0 Å². The molecule has 6 nitrogen and oxygen atoms in total. The summed E-state index contributed by atoms with van der Waals surface area (Å²) in [5.74, 6) is -1.12. The fourth-order valence-electron chi connectivity index (χ4n) is 2.68. The molecule has 1 atom stereocenters. The van der Waals surface area contributed by atoms with E-state index < -0.39 is 16.0 Å². The molecule has 21 heavy (non-hydrogen) atoms. The van der Waals surface area contributed by atoms with Crippen LogP contribution in [0.15, 0.2) is 23.1 Å². The highest BCUT2D eigenvalue weighted by Gasteiger charge is 2.26. The minimum absolute atomic E-state index is 0.0126. The Balaban J connectivity index is 2.27. The Labute approximate surface area is 124 Å². The number of aromatic carboxylic acids is 1. The number of nitrogens with one attached hydrogen (secondary N) is 1. The zero-order valence-electron chi connectivity index (χ0n) is 12.2. The molecular formula is C14H20N2O4S. The lowest BCUT2D eigenvalue weighted by molar-refractivity contribution is 0.0696. The van der Waals surface area contributed by atoms with Crippen LogP contribution in [0.1, 0.15) is 28.8 Å². The Morgan fingerprint density at radius 3 is 2.76 bits per heavy atom. The summed E-state index contributed by atoms with van der Waals surface area (Å²) >= 11 is 0. The fraction of sp³-hybridized carbons (Fsp3) is 0.500. The average molecular weight is 312 g/mol. The number of hydrogen-bond donors (Lipinski definition) is 2. The first-order chi connectivity index (χ1) is 9.81. The van der Waals surface area contributed by atoms with Crippen molar-refractivity contribution in [2.24, 2.45) is 0 Å². The maximum absolute atomic E-state index is 12.5. The Bertz CT molecular complexity index is 642. The van der Waals surface area contributed by atoms with Gasteiger partial charge in [-0.15, -0.1) is 0 Å². The number of rotatable bonds is 4. The minimum Gasteiger partial charge on any atom is -0.478 e. The van der Waals surface area contributed by atoms with Crippen molar-refractivity contribution >= 4 is 16.0 Å². The van der Waals surface area contributed by atoms with E-state index in [0.717, 1.165) is 19.4 Å². The van der Waals surface area contributed by atoms with Crippen LogP contribution in [-0.2, 0) is 10.0 Å². The maximum atomic E-state index is 12.5. The Morgan fingerprint density at radius 2 is 2.14 bits per heavy atom. The predicted octanol–water partition coefficient (Wildman–Crippen LogP) is 1.07. The van der Waals surface area contributed by atoms with Gasteiger partial charge >= 0.3 is 5.97 Å². The van der Waals surface area contributed by atoms with Crippen molar-refractivity contribution < 1.29 is 18.3 Å². The topological polar surface area (TPSA) is 86.7 Å². The van der Waals surface area contributed by atoms with E-state index in [0.29, 0.717) is 6.54 Å². The number of hydrogen-bond acceptors (Lipinski definition) is 4. The van der Waals surface area contributed by atoms with Gasteiger partial charge < -0.3 is 10.0 Å². The van der Waals surface area contributed by atoms with E-state index in [-0.39, 0.29) is 22.1 Å². The average Bonchev–Trinajstić information content (AvgIpc) is 2.37. The number of likely N-dealkylation sites (tertiary alicyclic amines) is 1. The van der Waals surface area contributed by atoms with Gasteiger partial charge in [0.2, 0.25) is 10.0 Å². The summed E-state index contributed by atoms with van der Waals surface area (Å²) < 4.78 is 27.6. The minimum atomic E-state index is -3.71. The van der Waals surface area contributed by atoms with E-state index in [1.54, 1.807) is 0 Å². The van der Waals surface area contributed by atoms with Crippen LogP contribution in [0.3, 0.4) is 0 Å². The first kappa shape index (κ1) is 15.9. The number of piperidine rings is 1. The molecule has 1 saturated heterocycles. The molecule has 0 aromatic heterocycles. The summed E-state index contributed by atoms with van der Waals surface area (Å²) in [5, 5.41) is 9.09. The van der Waals surface area contributed by atoms with E-state index in [9.17, 15) is 13.2 Å². The maximum Gasteiger partial charge on any atom is 0.335 e. The zero-order chi connectivity index (χ0) is 15.6. The normalized spacial score (nSPS) is 20.4. The van der Waals surface area contributed by atoms with Crippen molar-refractivity contribution in [1.29, 1.82) is 0 Å². The Morgan fingerprint density at radius 1 is 1.43 bits per heavy atom. The molecular weight excluding hydrogens is 292 g/mol. The number of carboxylic acid groups (broad SMARTS) is 1. The lowest BCUT2D eigenvalue weighted by Gasteiger charge is -2.30. The molecule has 0 spiro atoms. The monoisotopic (exact) mass is 312 g/mol. The molecule has 0 aliphatic carbocycles. The van der Waals surface area contributed by atoms with Crippen LogP contribution >= 0.6 is 0 Å². The molecule has 2 rings (SSSR count). The SMILES string of the molecule is Cc1c(C(=O)O)cccc1S(=O)(=O)NC1CCCN(C)C1. The van der Waals surface area contributed by atoms with E-state index in [4.69, 9.17) is 5.11 Å². The molecule has 0 bridgehead atoms. The van der Waals surface area contributed by atoms with Crippen molar-refractivity contribution in [3.05, 3.63) is 29.3 Å². The molecule has 1 aliphatic heterocycles. The number of benzene rings is 1. The summed E-state index contributed by atoms with van der Waals surface area (Å²) in [6, 6.07) is 4.17. The van der Waals surface area contributed by atoms with Crippen LogP contribution in [0, 0.1) is 6.92 Å². The largest absolute Gasteiger partial charge is 0.478 e. The lowest BCUT2D eigenvalue weighted by atomic mass is 10.1. The van der Waals surface area contributed by atoms with Gasteiger partial charge in [-0.25, -0.2) is 17.9 Å². The molecule has 116 valence electrons. The predicted molar refractivity (Wildman–Crippen MR) is 79.0 cm³/mol. The van der Waals surface area contributed by atoms with E-state index >= 15 is 0 Å². The smallest absolute Gasteiger partial charge is 0.335 e. The third kappa shape index (κ3) is 3.61. The third-order valence-electron chi connectivity index (χ3n) is 3.75. The number of nitrogens with zero attached hydrogens (tertiary/aromatic N) is 1. The van der Waals surface area contributed by atoms with Crippen LogP contribution in [0.25, 0.3) is 0 Å². The van der Waals surface area contributed by atoms with E-state index in [1.807, 2.05) is 7.05 Å². The molecule has 7 heteroatoms. The standard InChI is InChI=1S/C14H20N2O4S/c1-10-12(14(17)18)6-3-7-13(10)21(19,20)15-11-5-4-8-16(2)9-11/h3,6-7,11,15H,4-5,8-9H2,1-2H3,(H,17,18). The number of carbonyl (C=O) groups is 1. The van der Waals surface area contributed by atoms with Gasteiger partial charge in [0.05, 0.1) is 10.5 Å². The lowest BCUT2D eigenvalue weighted by Crippen LogP contribution is -2.46. The van der Waals surface area contributed by atoms with Crippen LogP contribution in [0.4, 0.5) is 0 Å². The second-order valence-electron chi connectivity index (χ2n) is 5.46. The number of carboxylic acids is 1. The summed E-state index contributed by atoms with van der Waals surface area (Å²) in [5.41, 5.74) is 0.278. The fourth-order valence-corrected chi connectivity index (χ4v) is 4.21. The van der Waals surface area contributed by atoms with E-state index in [2.05, 4.69) is 9.62 Å². The van der Waals surface area contributed by atoms with E-state index in [1.165, 1.54) is 25.1 Å². The zero-order valence-corrected chi connectivity index (χ0v) is 13.0. The first-order valence-electron chi connectivity index (χ1n) is 6.85. The second kappa shape index (κ2) is 6.13. The van der Waals surface area contributed by atoms with Gasteiger partial charge in [-0.1, -0.05) is 6.07 Å². The number of likely N-dealkylation sites (N-methyl/N-ethyl adjacent to an activating group) is 1. The molecule has 1 aliphatic rings. The summed E-state index contributed by atoms with van der Waals surface area (Å²) in [4.78, 5) is 13.2. The van der Waals surface area contributed by atoms with Crippen LogP contribution in [-0.4, -0.2) is 50.6 Å². The van der Waals surface area contributed by atoms with Gasteiger partial charge in [0, 0.05) is 12.6 Å². The molecule has 1 fully saturated rings. The van der Waals surface area contributed by atoms with Crippen LogP contribution in [0.2, 0.25) is 0 Å². The van der Waals surface area contributed by atoms with Crippen LogP contribution in [0.5, 0.6) is 0 Å². The van der Waals surface area contributed by atoms with Crippen molar-refractivity contribution in [1.82, 2.24) is 9.62 Å². The number of sulfonamides is 1. The molecule has 1 unspecified atom stereocenters. The molecule has 1 aromatic rings. The molecule has 0 amide bonds. The summed E-state index contributed by atoms with van der Waals surface area (Å²) in [6.45, 7) is 3.15. The summed E-state index contributed by atoms with van der Waals surface area (Å²) in [7, 11) is -1.75. The van der Waals surface area contributed by atoms with Crippen molar-refractivity contribution in [2.75, 3.05) is 20.1 Å². The highest BCUT2D eigenvalue weighted by Crippen LogP contribution is 2.20. The van der Waals surface area contributed by atoms with Crippen LogP contribution < -0.4 is 4.72 Å². The quantitative estimate of drug-likeness (QED) is 0.868. The van der Waals surface area contributed by atoms with Gasteiger partial charge in [0.25, 0.3) is 0 Å². The highest BCUT2D eigenvalue weighted by atomic mass is 32.2. The molecule has 1 aromatic carbocycles. The first-order valence-corrected chi connectivity index (χ1v) is 8.33. The van der Waals surface area contributed by atoms with Gasteiger partial charge in [-0.05, 0) is 51.1 Å². The molecule has 0 radical (unpaired) electrons. The third-order valence-corrected chi connectivity index (χ3v) is 5.42. The van der Waals surface area contributed by atoms with Gasteiger partial charge in [-0.2, -0.15) is 0 Å². The Hall–Kier alpha value is -1.44. The van der Waals surface area contributed by atoms with Gasteiger partial charge in [0.1, 0.15) is 0 Å². The molecule has 1 heterocycles. The van der Waals surface area contributed by atoms with Gasteiger partial charge in [-0.3, -0.25) is 0 Å². The van der Waals surface area contributed by atoms with Crippen molar-refractivity contribution in [3.8, 4) is 0 Å². The second-order valence-corrected chi connectivity index (χ2v) is 7.14. The summed E-state index contributed by atoms with van der Waals surface area (Å²) in [6.07, 6.45) is 1.74. The Kier molecular flexibility index (Phi) is 4.65. The highest BCUT2D eigenvalue weighted by molar-refractivity contribution is 7.89. The van der Waals surface area contributed by atoms with Crippen molar-refractivity contribution in [2.45, 2.75) is 30.7 Å². The van der Waals surface area contributed by atoms with Crippen molar-refractivity contribution in [3.63, 3.8) is 0 Å². The molecule has 2 N–H and O–H groups in total.